The molecule has 0 unspecified atom stereocenters. The Labute approximate surface area is 360 Å². The van der Waals surface area contributed by atoms with Gasteiger partial charge in [0.25, 0.3) is 0 Å². The van der Waals surface area contributed by atoms with Crippen molar-refractivity contribution >= 4 is 57.4 Å². The van der Waals surface area contributed by atoms with Gasteiger partial charge in [0, 0.05) is 23.0 Å². The van der Waals surface area contributed by atoms with Crippen molar-refractivity contribution in [1.29, 1.82) is 0 Å². The van der Waals surface area contributed by atoms with Gasteiger partial charge in [-0.2, -0.15) is 0 Å². The number of imidazole rings is 2. The Morgan fingerprint density at radius 3 is 2.02 bits per heavy atom. The first kappa shape index (κ1) is 42.1. The zero-order valence-electron chi connectivity index (χ0n) is 35.9. The van der Waals surface area contributed by atoms with Crippen molar-refractivity contribution in [3.63, 3.8) is 0 Å². The Hall–Kier alpha value is -5.63. The molecule has 3 fully saturated rings. The molecule has 1 aliphatic carbocycles. The number of rotatable bonds is 10. The highest BCUT2D eigenvalue weighted by Crippen LogP contribution is 2.51. The molecule has 2 aliphatic heterocycles. The molecule has 3 aliphatic rings. The third kappa shape index (κ3) is 7.68. The summed E-state index contributed by atoms with van der Waals surface area (Å²) in [5.41, 5.74) is 5.24. The lowest BCUT2D eigenvalue weighted by Crippen LogP contribution is -2.54. The van der Waals surface area contributed by atoms with Gasteiger partial charge < -0.3 is 39.9 Å². The molecule has 8 rings (SSSR count). The smallest absolute Gasteiger partial charge is 0.407 e. The van der Waals surface area contributed by atoms with Gasteiger partial charge in [0.15, 0.2) is 0 Å². The molecular weight excluding hydrogens is 796 g/mol. The van der Waals surface area contributed by atoms with E-state index in [1.54, 1.807) is 0 Å². The molecule has 15 heteroatoms. The van der Waals surface area contributed by atoms with Gasteiger partial charge in [0.2, 0.25) is 11.8 Å². The number of amides is 4. The largest absolute Gasteiger partial charge is 0.453 e. The number of hydrogen-bond donors (Lipinski definition) is 4. The molecule has 2 bridgehead atoms. The summed E-state index contributed by atoms with van der Waals surface area (Å²) in [6.45, 7) is 11.8. The quantitative estimate of drug-likeness (QED) is 0.108. The van der Waals surface area contributed by atoms with Crippen LogP contribution < -0.4 is 10.6 Å². The molecule has 2 aromatic heterocycles. The number of aromatic amines is 2. The van der Waals surface area contributed by atoms with Gasteiger partial charge in [-0.05, 0) is 84.9 Å². The number of hydrogen-bond acceptors (Lipinski definition) is 8. The summed E-state index contributed by atoms with van der Waals surface area (Å²) in [5.74, 6) is 1.29. The van der Waals surface area contributed by atoms with E-state index in [2.05, 4.69) is 70.8 Å². The minimum absolute atomic E-state index is 0.0486. The predicted molar refractivity (Wildman–Crippen MR) is 234 cm³/mol. The van der Waals surface area contributed by atoms with E-state index in [4.69, 9.17) is 31.0 Å². The Bertz CT molecular complexity index is 2480. The van der Waals surface area contributed by atoms with Crippen LogP contribution in [0, 0.1) is 23.7 Å². The molecule has 14 nitrogen and oxygen atoms in total. The first-order chi connectivity index (χ1) is 29.2. The van der Waals surface area contributed by atoms with E-state index in [1.165, 1.54) is 14.2 Å². The Morgan fingerprint density at radius 1 is 0.754 bits per heavy atom. The fourth-order valence-electron chi connectivity index (χ4n) is 9.88. The summed E-state index contributed by atoms with van der Waals surface area (Å²) in [6.07, 6.45) is 2.27. The number of ether oxygens (including phenoxy) is 2. The third-order valence-corrected chi connectivity index (χ3v) is 13.6. The second-order valence-corrected chi connectivity index (χ2v) is 18.1. The van der Waals surface area contributed by atoms with Gasteiger partial charge in [-0.3, -0.25) is 9.59 Å². The summed E-state index contributed by atoms with van der Waals surface area (Å²) in [5, 5.41) is 7.93. The molecule has 4 heterocycles. The lowest BCUT2D eigenvalue weighted by molar-refractivity contribution is -0.139. The summed E-state index contributed by atoms with van der Waals surface area (Å²) >= 11 is 6.85. The highest BCUT2D eigenvalue weighted by molar-refractivity contribution is 6.32. The van der Waals surface area contributed by atoms with Crippen LogP contribution in [0.15, 0.2) is 54.6 Å². The number of nitrogens with one attached hydrogen (secondary N) is 4. The summed E-state index contributed by atoms with van der Waals surface area (Å²) < 4.78 is 9.66. The lowest BCUT2D eigenvalue weighted by atomic mass is 9.95. The maximum Gasteiger partial charge on any atom is 0.407 e. The lowest BCUT2D eigenvalue weighted by Gasteiger charge is -2.37. The number of carbonyl (C=O) groups is 4. The van der Waals surface area contributed by atoms with Gasteiger partial charge >= 0.3 is 12.2 Å². The summed E-state index contributed by atoms with van der Waals surface area (Å²) in [7, 11) is 2.59. The highest BCUT2D eigenvalue weighted by Gasteiger charge is 2.52. The monoisotopic (exact) mass is 850 g/mol. The number of fused-ring (bicyclic) bond motifs is 5. The molecule has 0 radical (unpaired) electrons. The second-order valence-electron chi connectivity index (χ2n) is 17.7. The molecule has 2 saturated heterocycles. The molecule has 4 N–H and O–H groups in total. The number of benzene rings is 3. The Kier molecular flexibility index (Phi) is 11.5. The number of piperidine rings is 1. The average Bonchev–Trinajstić information content (AvgIpc) is 4.10. The van der Waals surface area contributed by atoms with Crippen molar-refractivity contribution in [3.8, 4) is 22.4 Å². The maximum atomic E-state index is 14.1. The number of H-pyrrole nitrogens is 2. The summed E-state index contributed by atoms with van der Waals surface area (Å²) in [4.78, 5) is 73.2. The standard InChI is InChI=1S/C46H55ClN8O6/c1-22(2)35(51-45(58)60-7)43(56)54-25(6)24(5)19-34(54)41-48-33-18-15-29-20-28(14-17-32(29)38(33)50-41)26-9-11-27(12-10-26)37-40(47)53-42(49-37)39-30-13-16-31(21-30)55(39)44(57)36(23(3)4)52-46(59)61-8/h9-12,14-15,17-18,20,22-25,30-31,34-36,39H,13,16,19,21H2,1-8H3,(H,48,50)(H,49,53)(H,51,58)(H,52,59)/t24-,25-,30+,31-,34+,35+,36+,39+/m1/s1. The van der Waals surface area contributed by atoms with E-state index in [1.807, 2.05) is 55.7 Å². The van der Waals surface area contributed by atoms with Gasteiger partial charge in [-0.1, -0.05) is 88.7 Å². The molecule has 5 aromatic rings. The van der Waals surface area contributed by atoms with Crippen LogP contribution in [-0.4, -0.2) is 92.1 Å². The number of alkyl carbamates (subject to hydrolysis) is 2. The second kappa shape index (κ2) is 16.7. The molecular formula is C46H55ClN8O6. The third-order valence-electron chi connectivity index (χ3n) is 13.3. The minimum Gasteiger partial charge on any atom is -0.453 e. The highest BCUT2D eigenvalue weighted by atomic mass is 35.5. The fraction of sp³-hybridized carbons (Fsp3) is 0.478. The zero-order valence-corrected chi connectivity index (χ0v) is 36.7. The van der Waals surface area contributed by atoms with Crippen molar-refractivity contribution in [2.75, 3.05) is 14.2 Å². The van der Waals surface area contributed by atoms with Crippen LogP contribution in [0.3, 0.4) is 0 Å². The van der Waals surface area contributed by atoms with Crippen molar-refractivity contribution < 1.29 is 28.7 Å². The SMILES string of the molecule is COC(=O)N[C@H](C(=O)N1[C@@H]2CC[C@@H](C2)[C@H]1c1nc(-c2ccc(-c3ccc4c(ccc5[nH]c([C@@H]6C[C@@H](C)[C@@H](C)N6C(=O)[C@@H](NC(=O)OC)C(C)C)nc54)c3)cc2)c(Cl)[nH]1)C(C)C. The van der Waals surface area contributed by atoms with Gasteiger partial charge in [0.1, 0.15) is 34.6 Å². The Balaban J connectivity index is 1.03. The van der Waals surface area contributed by atoms with Crippen LogP contribution in [-0.2, 0) is 19.1 Å². The normalized spacial score (nSPS) is 23.3. The van der Waals surface area contributed by atoms with Gasteiger partial charge in [-0.25, -0.2) is 19.6 Å². The fourth-order valence-corrected chi connectivity index (χ4v) is 10.1. The van der Waals surface area contributed by atoms with E-state index < -0.39 is 24.3 Å². The molecule has 8 atom stereocenters. The number of likely N-dealkylation sites (tertiary alicyclic amines) is 2. The average molecular weight is 851 g/mol. The van der Waals surface area contributed by atoms with E-state index in [9.17, 15) is 19.2 Å². The van der Waals surface area contributed by atoms with E-state index in [-0.39, 0.29) is 59.7 Å². The van der Waals surface area contributed by atoms with E-state index in [0.717, 1.165) is 70.0 Å². The van der Waals surface area contributed by atoms with Crippen molar-refractivity contribution in [2.24, 2.45) is 23.7 Å². The molecule has 61 heavy (non-hydrogen) atoms. The zero-order chi connectivity index (χ0) is 43.4. The first-order valence-corrected chi connectivity index (χ1v) is 21.7. The Morgan fingerprint density at radius 2 is 1.38 bits per heavy atom. The van der Waals surface area contributed by atoms with Gasteiger partial charge in [0.05, 0.1) is 37.3 Å². The maximum absolute atomic E-state index is 14.1. The summed E-state index contributed by atoms with van der Waals surface area (Å²) in [6, 6.07) is 16.6. The van der Waals surface area contributed by atoms with Crippen LogP contribution in [0.1, 0.15) is 91.0 Å². The first-order valence-electron chi connectivity index (χ1n) is 21.3. The van der Waals surface area contributed by atoms with E-state index in [0.29, 0.717) is 16.7 Å². The predicted octanol–water partition coefficient (Wildman–Crippen LogP) is 8.54. The molecule has 0 spiro atoms. The number of nitrogens with zero attached hydrogens (tertiary/aromatic N) is 4. The molecule has 322 valence electrons. The minimum atomic E-state index is -0.730. The van der Waals surface area contributed by atoms with Crippen molar-refractivity contribution in [2.45, 2.75) is 103 Å². The van der Waals surface area contributed by atoms with Crippen LogP contribution in [0.4, 0.5) is 9.59 Å². The van der Waals surface area contributed by atoms with Crippen LogP contribution >= 0.6 is 11.6 Å². The van der Waals surface area contributed by atoms with Crippen LogP contribution in [0.25, 0.3) is 44.2 Å². The van der Waals surface area contributed by atoms with Crippen LogP contribution in [0.5, 0.6) is 0 Å². The van der Waals surface area contributed by atoms with E-state index >= 15 is 0 Å². The molecule has 1 saturated carbocycles. The molecule has 3 aromatic carbocycles. The van der Waals surface area contributed by atoms with Crippen molar-refractivity contribution in [3.05, 3.63) is 71.4 Å². The molecule has 4 amide bonds. The number of halogens is 1. The van der Waals surface area contributed by atoms with Crippen molar-refractivity contribution in [1.82, 2.24) is 40.4 Å². The number of carbonyl (C=O) groups excluding carboxylic acids is 4. The number of aromatic nitrogens is 4. The van der Waals surface area contributed by atoms with Crippen LogP contribution in [0.2, 0.25) is 5.15 Å². The topological polar surface area (TPSA) is 175 Å². The number of methoxy groups -OCH3 is 2. The van der Waals surface area contributed by atoms with Gasteiger partial charge in [-0.15, -0.1) is 0 Å².